The van der Waals surface area contributed by atoms with Crippen molar-refractivity contribution < 1.29 is 14.7 Å². The second-order valence-corrected chi connectivity index (χ2v) is 6.33. The minimum absolute atomic E-state index is 0.0106. The highest BCUT2D eigenvalue weighted by molar-refractivity contribution is 5.98. The molecule has 128 valence electrons. The van der Waals surface area contributed by atoms with E-state index in [-0.39, 0.29) is 12.4 Å². The molecule has 2 rings (SSSR count). The van der Waals surface area contributed by atoms with E-state index in [1.165, 1.54) is 5.56 Å². The molecule has 0 amide bonds. The molecule has 0 saturated heterocycles. The largest absolute Gasteiger partial charge is 0.392 e. The molecule has 0 aromatic heterocycles. The summed E-state index contributed by atoms with van der Waals surface area (Å²) in [4.78, 5) is 16.9. The van der Waals surface area contributed by atoms with E-state index in [4.69, 9.17) is 15.7 Å². The van der Waals surface area contributed by atoms with Crippen molar-refractivity contribution in [3.63, 3.8) is 0 Å². The molecule has 0 fully saturated rings. The summed E-state index contributed by atoms with van der Waals surface area (Å²) in [5.41, 5.74) is 9.25. The molecule has 1 aliphatic rings. The fraction of sp³-hybridized carbons (Fsp3) is 0.368. The number of amidine groups is 1. The van der Waals surface area contributed by atoms with Crippen LogP contribution in [0.15, 0.2) is 52.7 Å². The first kappa shape index (κ1) is 17.9. The minimum atomic E-state index is -0.511. The van der Waals surface area contributed by atoms with Gasteiger partial charge in [-0.2, -0.15) is 0 Å². The fourth-order valence-corrected chi connectivity index (χ4v) is 2.47. The molecule has 1 aliphatic carbocycles. The Kier molecular flexibility index (Phi) is 6.32. The van der Waals surface area contributed by atoms with E-state index in [1.807, 2.05) is 24.3 Å². The van der Waals surface area contributed by atoms with Crippen LogP contribution in [0.3, 0.4) is 0 Å². The first-order chi connectivity index (χ1) is 11.5. The van der Waals surface area contributed by atoms with Gasteiger partial charge >= 0.3 is 5.97 Å². The maximum atomic E-state index is 12.0. The molecular weight excluding hydrogens is 304 g/mol. The molecule has 3 N–H and O–H groups in total. The Hall–Kier alpha value is -2.40. The van der Waals surface area contributed by atoms with Crippen LogP contribution in [0.1, 0.15) is 37.8 Å². The molecule has 5 nitrogen and oxygen atoms in total. The smallest absolute Gasteiger partial charge is 0.361 e. The van der Waals surface area contributed by atoms with E-state index in [2.05, 4.69) is 19.0 Å². The zero-order chi connectivity index (χ0) is 17.5. The van der Waals surface area contributed by atoms with Gasteiger partial charge in [-0.1, -0.05) is 55.4 Å². The van der Waals surface area contributed by atoms with E-state index < -0.39 is 5.97 Å². The normalized spacial score (nSPS) is 15.1. The lowest BCUT2D eigenvalue weighted by atomic mass is 9.99. The molecule has 0 unspecified atom stereocenters. The number of rotatable bonds is 6. The van der Waals surface area contributed by atoms with Gasteiger partial charge in [0.25, 0.3) is 0 Å². The van der Waals surface area contributed by atoms with Crippen LogP contribution in [-0.4, -0.2) is 23.5 Å². The van der Waals surface area contributed by atoms with Crippen molar-refractivity contribution in [3.8, 4) is 0 Å². The van der Waals surface area contributed by atoms with Gasteiger partial charge in [0.05, 0.1) is 6.61 Å². The third-order valence-electron chi connectivity index (χ3n) is 3.82. The van der Waals surface area contributed by atoms with Gasteiger partial charge in [-0.25, -0.2) is 4.79 Å². The standard InChI is InChI=1S/C19H24N2O3/c1-13(2)11-14-3-7-16(8-4-14)18(20)21-24-19(23)17-9-5-15(12-22)6-10-17/h3-5,7-9,13,22H,6,10-12H2,1-2H3,(H2,20,21). The predicted octanol–water partition coefficient (Wildman–Crippen LogP) is 2.69. The first-order valence-corrected chi connectivity index (χ1v) is 8.13. The molecule has 24 heavy (non-hydrogen) atoms. The summed E-state index contributed by atoms with van der Waals surface area (Å²) in [7, 11) is 0. The number of carbonyl (C=O) groups is 1. The first-order valence-electron chi connectivity index (χ1n) is 8.13. The number of allylic oxidation sites excluding steroid dienone is 2. The van der Waals surface area contributed by atoms with Crippen LogP contribution in [-0.2, 0) is 16.1 Å². The molecule has 0 spiro atoms. The quantitative estimate of drug-likeness (QED) is 0.364. The van der Waals surface area contributed by atoms with Crippen molar-refractivity contribution in [2.75, 3.05) is 6.61 Å². The van der Waals surface area contributed by atoms with Gasteiger partial charge in [0, 0.05) is 11.1 Å². The summed E-state index contributed by atoms with van der Waals surface area (Å²) in [6.45, 7) is 4.35. The van der Waals surface area contributed by atoms with Gasteiger partial charge in [0.15, 0.2) is 5.84 Å². The van der Waals surface area contributed by atoms with Gasteiger partial charge in [-0.05, 0) is 36.3 Å². The SMILES string of the molecule is CC(C)Cc1ccc(/C(N)=N/OC(=O)C2=CC=C(CO)CC2)cc1. The summed E-state index contributed by atoms with van der Waals surface area (Å²) in [5, 5.41) is 12.8. The number of aliphatic hydroxyl groups is 1. The number of hydrogen-bond donors (Lipinski definition) is 2. The van der Waals surface area contributed by atoms with E-state index in [0.29, 0.717) is 24.3 Å². The summed E-state index contributed by atoms with van der Waals surface area (Å²) in [5.74, 6) is 0.247. The number of aliphatic hydroxyl groups excluding tert-OH is 1. The van der Waals surface area contributed by atoms with E-state index in [9.17, 15) is 4.79 Å². The van der Waals surface area contributed by atoms with E-state index in [0.717, 1.165) is 17.6 Å². The van der Waals surface area contributed by atoms with Gasteiger partial charge < -0.3 is 15.7 Å². The van der Waals surface area contributed by atoms with Crippen LogP contribution in [0.5, 0.6) is 0 Å². The van der Waals surface area contributed by atoms with Gasteiger partial charge in [-0.15, -0.1) is 0 Å². The van der Waals surface area contributed by atoms with Gasteiger partial charge in [0.1, 0.15) is 0 Å². The second-order valence-electron chi connectivity index (χ2n) is 6.33. The number of nitrogens with two attached hydrogens (primary N) is 1. The van der Waals surface area contributed by atoms with Crippen LogP contribution >= 0.6 is 0 Å². The van der Waals surface area contributed by atoms with E-state index in [1.54, 1.807) is 12.2 Å². The molecule has 0 saturated carbocycles. The third-order valence-corrected chi connectivity index (χ3v) is 3.82. The van der Waals surface area contributed by atoms with Crippen molar-refractivity contribution >= 4 is 11.8 Å². The van der Waals surface area contributed by atoms with Crippen molar-refractivity contribution in [2.45, 2.75) is 33.1 Å². The Labute approximate surface area is 142 Å². The lowest BCUT2D eigenvalue weighted by Gasteiger charge is -2.10. The van der Waals surface area contributed by atoms with E-state index >= 15 is 0 Å². The Morgan fingerprint density at radius 1 is 1.25 bits per heavy atom. The molecule has 0 atom stereocenters. The van der Waals surface area contributed by atoms with Crippen LogP contribution in [0.2, 0.25) is 0 Å². The molecule has 0 heterocycles. The fourth-order valence-electron chi connectivity index (χ4n) is 2.47. The van der Waals surface area contributed by atoms with Crippen LogP contribution < -0.4 is 5.73 Å². The van der Waals surface area contributed by atoms with Gasteiger partial charge in [0.2, 0.25) is 0 Å². The highest BCUT2D eigenvalue weighted by Crippen LogP contribution is 2.19. The molecule has 0 aliphatic heterocycles. The maximum Gasteiger partial charge on any atom is 0.361 e. The molecule has 0 bridgehead atoms. The average molecular weight is 328 g/mol. The minimum Gasteiger partial charge on any atom is -0.392 e. The Bertz CT molecular complexity index is 670. The lowest BCUT2D eigenvalue weighted by molar-refractivity contribution is -0.139. The number of hydrogen-bond acceptors (Lipinski definition) is 4. The second kappa shape index (κ2) is 8.45. The summed E-state index contributed by atoms with van der Waals surface area (Å²) in [6, 6.07) is 7.76. The van der Waals surface area contributed by atoms with Crippen LogP contribution in [0.4, 0.5) is 0 Å². The molecule has 0 radical (unpaired) electrons. The summed E-state index contributed by atoms with van der Waals surface area (Å²) >= 11 is 0. The summed E-state index contributed by atoms with van der Waals surface area (Å²) in [6.07, 6.45) is 5.58. The number of nitrogens with zero attached hydrogens (tertiary/aromatic N) is 1. The van der Waals surface area contributed by atoms with Crippen molar-refractivity contribution in [1.29, 1.82) is 0 Å². The molecular formula is C19H24N2O3. The molecule has 5 heteroatoms. The third kappa shape index (κ3) is 5.06. The Balaban J connectivity index is 1.97. The van der Waals surface area contributed by atoms with Crippen LogP contribution in [0, 0.1) is 5.92 Å². The zero-order valence-corrected chi connectivity index (χ0v) is 14.2. The molecule has 1 aromatic carbocycles. The maximum absolute atomic E-state index is 12.0. The van der Waals surface area contributed by atoms with Crippen molar-refractivity contribution in [1.82, 2.24) is 0 Å². The summed E-state index contributed by atoms with van der Waals surface area (Å²) < 4.78 is 0. The average Bonchev–Trinajstić information content (AvgIpc) is 2.59. The number of carbonyl (C=O) groups excluding carboxylic acids is 1. The molecule has 1 aromatic rings. The Morgan fingerprint density at radius 2 is 1.96 bits per heavy atom. The van der Waals surface area contributed by atoms with Gasteiger partial charge in [-0.3, -0.25) is 0 Å². The predicted molar refractivity (Wildman–Crippen MR) is 94.3 cm³/mol. The van der Waals surface area contributed by atoms with Crippen molar-refractivity contribution in [3.05, 3.63) is 58.7 Å². The highest BCUT2D eigenvalue weighted by atomic mass is 16.7. The number of benzene rings is 1. The lowest BCUT2D eigenvalue weighted by Crippen LogP contribution is -2.16. The zero-order valence-electron chi connectivity index (χ0n) is 14.2. The topological polar surface area (TPSA) is 84.9 Å². The number of oxime groups is 1. The monoisotopic (exact) mass is 328 g/mol. The Morgan fingerprint density at radius 3 is 2.50 bits per heavy atom. The van der Waals surface area contributed by atoms with Crippen molar-refractivity contribution in [2.24, 2.45) is 16.8 Å². The highest BCUT2D eigenvalue weighted by Gasteiger charge is 2.15. The van der Waals surface area contributed by atoms with Crippen LogP contribution in [0.25, 0.3) is 0 Å².